The zero-order chi connectivity index (χ0) is 19.6. The number of rotatable bonds is 4. The highest BCUT2D eigenvalue weighted by Gasteiger charge is 2.36. The fourth-order valence-corrected chi connectivity index (χ4v) is 3.30. The van der Waals surface area contributed by atoms with Crippen molar-refractivity contribution in [3.63, 3.8) is 0 Å². The summed E-state index contributed by atoms with van der Waals surface area (Å²) in [5.74, 6) is -1.11. The van der Waals surface area contributed by atoms with E-state index in [0.717, 1.165) is 5.56 Å². The number of anilines is 2. The van der Waals surface area contributed by atoms with Gasteiger partial charge in [-0.3, -0.25) is 14.4 Å². The van der Waals surface area contributed by atoms with Crippen LogP contribution in [0, 0.1) is 12.8 Å². The van der Waals surface area contributed by atoms with E-state index < -0.39 is 5.92 Å². The van der Waals surface area contributed by atoms with E-state index in [1.807, 2.05) is 6.92 Å². The number of halogens is 1. The third kappa shape index (κ3) is 3.95. The predicted molar refractivity (Wildman–Crippen MR) is 105 cm³/mol. The largest absolute Gasteiger partial charge is 0.355 e. The first-order valence-corrected chi connectivity index (χ1v) is 8.97. The molecule has 1 aliphatic rings. The maximum absolute atomic E-state index is 12.7. The molecule has 2 N–H and O–H groups in total. The predicted octanol–water partition coefficient (Wildman–Crippen LogP) is 3.00. The first-order chi connectivity index (χ1) is 12.9. The van der Waals surface area contributed by atoms with E-state index in [0.29, 0.717) is 22.0 Å². The summed E-state index contributed by atoms with van der Waals surface area (Å²) in [6, 6.07) is 12.2. The lowest BCUT2D eigenvalue weighted by molar-refractivity contribution is -0.122. The molecule has 6 nitrogen and oxygen atoms in total. The van der Waals surface area contributed by atoms with Crippen molar-refractivity contribution >= 4 is 40.7 Å². The number of para-hydroxylation sites is 1. The van der Waals surface area contributed by atoms with Crippen LogP contribution in [-0.4, -0.2) is 31.3 Å². The molecular weight excluding hydrogens is 366 g/mol. The lowest BCUT2D eigenvalue weighted by Crippen LogP contribution is -2.28. The highest BCUT2D eigenvalue weighted by Crippen LogP contribution is 2.31. The van der Waals surface area contributed by atoms with Crippen LogP contribution in [-0.2, 0) is 9.59 Å². The van der Waals surface area contributed by atoms with Crippen molar-refractivity contribution in [2.24, 2.45) is 5.92 Å². The van der Waals surface area contributed by atoms with Crippen molar-refractivity contribution in [2.75, 3.05) is 23.8 Å². The Hall–Kier alpha value is -2.86. The third-order valence-corrected chi connectivity index (χ3v) is 4.94. The molecule has 0 aromatic heterocycles. The molecular formula is C20H20ClN3O3. The second-order valence-corrected chi connectivity index (χ2v) is 6.86. The number of amides is 3. The van der Waals surface area contributed by atoms with Crippen molar-refractivity contribution < 1.29 is 14.4 Å². The number of hydrogen-bond donors (Lipinski definition) is 2. The van der Waals surface area contributed by atoms with Gasteiger partial charge in [0.25, 0.3) is 5.91 Å². The minimum absolute atomic E-state index is 0.116. The summed E-state index contributed by atoms with van der Waals surface area (Å²) in [6.07, 6.45) is 0.116. The topological polar surface area (TPSA) is 78.5 Å². The minimum atomic E-state index is -0.489. The van der Waals surface area contributed by atoms with Crippen molar-refractivity contribution in [3.8, 4) is 0 Å². The van der Waals surface area contributed by atoms with Gasteiger partial charge in [0.1, 0.15) is 0 Å². The molecule has 7 heteroatoms. The van der Waals surface area contributed by atoms with Crippen molar-refractivity contribution in [3.05, 3.63) is 58.6 Å². The highest BCUT2D eigenvalue weighted by atomic mass is 35.5. The van der Waals surface area contributed by atoms with Gasteiger partial charge in [-0.2, -0.15) is 0 Å². The molecule has 1 heterocycles. The van der Waals surface area contributed by atoms with E-state index >= 15 is 0 Å². The maximum Gasteiger partial charge on any atom is 0.251 e. The van der Waals surface area contributed by atoms with Crippen molar-refractivity contribution in [1.29, 1.82) is 0 Å². The molecule has 0 radical (unpaired) electrons. The smallest absolute Gasteiger partial charge is 0.251 e. The Bertz CT molecular complexity index is 913. The number of nitrogens with zero attached hydrogens (tertiary/aromatic N) is 1. The van der Waals surface area contributed by atoms with Gasteiger partial charge in [-0.25, -0.2) is 0 Å². The summed E-state index contributed by atoms with van der Waals surface area (Å²) in [5.41, 5.74) is 2.46. The molecule has 0 spiro atoms. The quantitative estimate of drug-likeness (QED) is 0.849. The Labute approximate surface area is 162 Å². The van der Waals surface area contributed by atoms with Gasteiger partial charge in [-0.05, 0) is 36.8 Å². The van der Waals surface area contributed by atoms with Crippen molar-refractivity contribution in [1.82, 2.24) is 5.32 Å². The van der Waals surface area contributed by atoms with E-state index in [9.17, 15) is 14.4 Å². The van der Waals surface area contributed by atoms with Crippen LogP contribution < -0.4 is 15.5 Å². The Morgan fingerprint density at radius 3 is 2.63 bits per heavy atom. The summed E-state index contributed by atoms with van der Waals surface area (Å²) >= 11 is 6.18. The summed E-state index contributed by atoms with van der Waals surface area (Å²) in [5, 5.41) is 5.88. The monoisotopic (exact) mass is 385 g/mol. The number of carbonyl (C=O) groups excluding carboxylic acids is 3. The van der Waals surface area contributed by atoms with Crippen LogP contribution >= 0.6 is 11.6 Å². The van der Waals surface area contributed by atoms with E-state index in [-0.39, 0.29) is 30.7 Å². The molecule has 3 amide bonds. The molecule has 0 aliphatic carbocycles. The Morgan fingerprint density at radius 2 is 1.93 bits per heavy atom. The number of aryl methyl sites for hydroxylation is 1. The van der Waals surface area contributed by atoms with Gasteiger partial charge in [0, 0.05) is 31.3 Å². The SMILES string of the molecule is CNC(=O)c1ccc(C)c(NC(=O)C2CC(=O)N(c3ccccc3Cl)C2)c1. The molecule has 0 bridgehead atoms. The fraction of sp³-hybridized carbons (Fsp3) is 0.250. The van der Waals surface area contributed by atoms with Gasteiger partial charge >= 0.3 is 0 Å². The molecule has 2 aromatic rings. The molecule has 3 rings (SSSR count). The lowest BCUT2D eigenvalue weighted by atomic mass is 10.1. The maximum atomic E-state index is 12.7. The van der Waals surface area contributed by atoms with Crippen LogP contribution in [0.2, 0.25) is 5.02 Å². The summed E-state index contributed by atoms with van der Waals surface area (Å²) < 4.78 is 0. The van der Waals surface area contributed by atoms with Gasteiger partial charge in [0.2, 0.25) is 11.8 Å². The lowest BCUT2D eigenvalue weighted by Gasteiger charge is -2.18. The van der Waals surface area contributed by atoms with Gasteiger partial charge < -0.3 is 15.5 Å². The number of carbonyl (C=O) groups is 3. The van der Waals surface area contributed by atoms with Crippen LogP contribution in [0.25, 0.3) is 0 Å². The van der Waals surface area contributed by atoms with Gasteiger partial charge in [0.15, 0.2) is 0 Å². The molecule has 27 heavy (non-hydrogen) atoms. The molecule has 1 aliphatic heterocycles. The fourth-order valence-electron chi connectivity index (χ4n) is 3.06. The zero-order valence-electron chi connectivity index (χ0n) is 15.1. The number of benzene rings is 2. The van der Waals surface area contributed by atoms with Gasteiger partial charge in [-0.1, -0.05) is 29.8 Å². The average molecular weight is 386 g/mol. The van der Waals surface area contributed by atoms with Gasteiger partial charge in [0.05, 0.1) is 16.6 Å². The molecule has 1 atom stereocenters. The summed E-state index contributed by atoms with van der Waals surface area (Å²) in [7, 11) is 1.55. The second kappa shape index (κ2) is 7.80. The van der Waals surface area contributed by atoms with Crippen LogP contribution in [0.5, 0.6) is 0 Å². The normalized spacial score (nSPS) is 16.3. The number of nitrogens with one attached hydrogen (secondary N) is 2. The Kier molecular flexibility index (Phi) is 5.46. The second-order valence-electron chi connectivity index (χ2n) is 6.45. The Morgan fingerprint density at radius 1 is 1.19 bits per heavy atom. The van der Waals surface area contributed by atoms with Crippen LogP contribution in [0.1, 0.15) is 22.3 Å². The first kappa shape index (κ1) is 18.9. The molecule has 1 saturated heterocycles. The van der Waals surface area contributed by atoms with E-state index in [2.05, 4.69) is 10.6 Å². The first-order valence-electron chi connectivity index (χ1n) is 8.59. The standard InChI is InChI=1S/C20H20ClN3O3/c1-12-7-8-13(19(26)22-2)9-16(12)23-20(27)14-10-18(25)24(11-14)17-6-4-3-5-15(17)21/h3-9,14H,10-11H2,1-2H3,(H,22,26)(H,23,27). The molecule has 2 aromatic carbocycles. The zero-order valence-corrected chi connectivity index (χ0v) is 15.8. The van der Waals surface area contributed by atoms with E-state index in [1.54, 1.807) is 54.4 Å². The van der Waals surface area contributed by atoms with Gasteiger partial charge in [-0.15, -0.1) is 0 Å². The summed E-state index contributed by atoms with van der Waals surface area (Å²) in [6.45, 7) is 2.11. The number of hydrogen-bond acceptors (Lipinski definition) is 3. The van der Waals surface area contributed by atoms with Crippen molar-refractivity contribution in [2.45, 2.75) is 13.3 Å². The van der Waals surface area contributed by atoms with Crippen LogP contribution in [0.15, 0.2) is 42.5 Å². The molecule has 140 valence electrons. The van der Waals surface area contributed by atoms with E-state index in [1.165, 1.54) is 0 Å². The Balaban J connectivity index is 1.75. The average Bonchev–Trinajstić information content (AvgIpc) is 3.05. The van der Waals surface area contributed by atoms with Crippen LogP contribution in [0.4, 0.5) is 11.4 Å². The van der Waals surface area contributed by atoms with E-state index in [4.69, 9.17) is 11.6 Å². The minimum Gasteiger partial charge on any atom is -0.355 e. The molecule has 1 unspecified atom stereocenters. The molecule has 0 saturated carbocycles. The van der Waals surface area contributed by atoms with Crippen LogP contribution in [0.3, 0.4) is 0 Å². The highest BCUT2D eigenvalue weighted by molar-refractivity contribution is 6.33. The summed E-state index contributed by atoms with van der Waals surface area (Å²) in [4.78, 5) is 38.4. The molecule has 1 fully saturated rings. The third-order valence-electron chi connectivity index (χ3n) is 4.62.